The fraction of sp³-hybridized carbons (Fsp3) is 0.500. The van der Waals surface area contributed by atoms with E-state index in [-0.39, 0.29) is 11.9 Å². The second kappa shape index (κ2) is 4.11. The smallest absolute Gasteiger partial charge is 0.241 e. The Bertz CT molecular complexity index is 329. The molecular formula is C10H14N2OS. The summed E-state index contributed by atoms with van der Waals surface area (Å²) in [5.74, 6) is 0.101. The predicted molar refractivity (Wildman–Crippen MR) is 58.7 cm³/mol. The second-order valence-corrected chi connectivity index (χ2v) is 4.35. The van der Waals surface area contributed by atoms with Crippen LogP contribution in [0.5, 0.6) is 0 Å². The van der Waals surface area contributed by atoms with Crippen molar-refractivity contribution in [1.29, 1.82) is 0 Å². The molecule has 0 unspecified atom stereocenters. The molecule has 1 atom stereocenters. The summed E-state index contributed by atoms with van der Waals surface area (Å²) in [6.07, 6.45) is 2.05. The quantitative estimate of drug-likeness (QED) is 0.780. The van der Waals surface area contributed by atoms with Crippen molar-refractivity contribution >= 4 is 22.9 Å². The number of carbonyl (C=O) groups is 1. The van der Waals surface area contributed by atoms with E-state index in [0.717, 1.165) is 30.6 Å². The van der Waals surface area contributed by atoms with Crippen molar-refractivity contribution in [2.75, 3.05) is 11.9 Å². The van der Waals surface area contributed by atoms with Crippen LogP contribution in [0.15, 0.2) is 10.8 Å². The highest BCUT2D eigenvalue weighted by atomic mass is 32.1. The van der Waals surface area contributed by atoms with E-state index in [1.54, 1.807) is 11.3 Å². The number of hydrogen-bond donors (Lipinski definition) is 2. The molecule has 1 aliphatic heterocycles. The molecule has 2 N–H and O–H groups in total. The van der Waals surface area contributed by atoms with Gasteiger partial charge in [-0.15, -0.1) is 11.3 Å². The molecule has 0 radical (unpaired) electrons. The van der Waals surface area contributed by atoms with Gasteiger partial charge in [-0.3, -0.25) is 4.79 Å². The van der Waals surface area contributed by atoms with E-state index in [1.165, 1.54) is 0 Å². The Morgan fingerprint density at radius 1 is 1.64 bits per heavy atom. The summed E-state index contributed by atoms with van der Waals surface area (Å²) in [6.45, 7) is 2.97. The van der Waals surface area contributed by atoms with Crippen molar-refractivity contribution < 1.29 is 4.79 Å². The van der Waals surface area contributed by atoms with Crippen LogP contribution in [0.4, 0.5) is 5.69 Å². The van der Waals surface area contributed by atoms with E-state index in [0.29, 0.717) is 0 Å². The minimum absolute atomic E-state index is 0.00861. The molecule has 0 spiro atoms. The fourth-order valence-corrected chi connectivity index (χ4v) is 2.40. The highest BCUT2D eigenvalue weighted by molar-refractivity contribution is 7.08. The van der Waals surface area contributed by atoms with Crippen LogP contribution >= 0.6 is 11.3 Å². The molecule has 1 aromatic rings. The maximum absolute atomic E-state index is 11.7. The van der Waals surface area contributed by atoms with Gasteiger partial charge < -0.3 is 10.6 Å². The number of rotatable bonds is 2. The number of anilines is 1. The molecule has 3 nitrogen and oxygen atoms in total. The Kier molecular flexibility index (Phi) is 2.84. The van der Waals surface area contributed by atoms with Gasteiger partial charge in [0.15, 0.2) is 0 Å². The normalized spacial score (nSPS) is 21.1. The van der Waals surface area contributed by atoms with Crippen LogP contribution < -0.4 is 10.6 Å². The second-order valence-electron chi connectivity index (χ2n) is 3.61. The van der Waals surface area contributed by atoms with Crippen LogP contribution in [0, 0.1) is 6.92 Å². The topological polar surface area (TPSA) is 41.1 Å². The van der Waals surface area contributed by atoms with Gasteiger partial charge in [0.1, 0.15) is 0 Å². The van der Waals surface area contributed by atoms with E-state index in [4.69, 9.17) is 0 Å². The van der Waals surface area contributed by atoms with Gasteiger partial charge in [0.2, 0.25) is 5.91 Å². The zero-order valence-corrected chi connectivity index (χ0v) is 8.99. The summed E-state index contributed by atoms with van der Waals surface area (Å²) >= 11 is 1.62. The lowest BCUT2D eigenvalue weighted by atomic mass is 10.2. The van der Waals surface area contributed by atoms with E-state index < -0.39 is 0 Å². The van der Waals surface area contributed by atoms with Gasteiger partial charge in [-0.25, -0.2) is 0 Å². The Morgan fingerprint density at radius 3 is 3.07 bits per heavy atom. The summed E-state index contributed by atoms with van der Waals surface area (Å²) in [7, 11) is 0. The molecule has 1 aliphatic rings. The third kappa shape index (κ3) is 1.96. The number of thiophene rings is 1. The molecule has 4 heteroatoms. The monoisotopic (exact) mass is 210 g/mol. The molecular weight excluding hydrogens is 196 g/mol. The minimum Gasteiger partial charge on any atom is -0.324 e. The average molecular weight is 210 g/mol. The molecule has 1 amide bonds. The van der Waals surface area contributed by atoms with Crippen LogP contribution in [0.2, 0.25) is 0 Å². The first kappa shape index (κ1) is 9.68. The molecule has 1 aromatic heterocycles. The predicted octanol–water partition coefficient (Wildman–Crippen LogP) is 1.75. The van der Waals surface area contributed by atoms with Gasteiger partial charge in [-0.2, -0.15) is 0 Å². The third-order valence-electron chi connectivity index (χ3n) is 2.49. The highest BCUT2D eigenvalue weighted by Gasteiger charge is 2.22. The van der Waals surface area contributed by atoms with Crippen molar-refractivity contribution in [3.05, 3.63) is 16.3 Å². The van der Waals surface area contributed by atoms with Crippen molar-refractivity contribution in [2.24, 2.45) is 0 Å². The maximum atomic E-state index is 11.7. The molecule has 14 heavy (non-hydrogen) atoms. The number of amides is 1. The van der Waals surface area contributed by atoms with Crippen molar-refractivity contribution in [2.45, 2.75) is 25.8 Å². The van der Waals surface area contributed by atoms with Gasteiger partial charge in [-0.1, -0.05) is 0 Å². The Labute approximate surface area is 87.5 Å². The van der Waals surface area contributed by atoms with Gasteiger partial charge in [0.25, 0.3) is 0 Å². The van der Waals surface area contributed by atoms with Crippen LogP contribution in [-0.4, -0.2) is 18.5 Å². The first-order valence-electron chi connectivity index (χ1n) is 4.84. The summed E-state index contributed by atoms with van der Waals surface area (Å²) in [4.78, 5) is 11.7. The maximum Gasteiger partial charge on any atom is 0.241 e. The van der Waals surface area contributed by atoms with Crippen LogP contribution in [0.3, 0.4) is 0 Å². The molecule has 0 aromatic carbocycles. The summed E-state index contributed by atoms with van der Waals surface area (Å²) in [5, 5.41) is 10.1. The molecule has 0 saturated carbocycles. The first-order valence-corrected chi connectivity index (χ1v) is 5.78. The van der Waals surface area contributed by atoms with Gasteiger partial charge >= 0.3 is 0 Å². The molecule has 0 bridgehead atoms. The standard InChI is InChI=1S/C10H14N2OS/c1-7-5-14-6-9(7)12-10(13)8-3-2-4-11-8/h5-6,8,11H,2-4H2,1H3,(H,12,13)/t8-/m0/s1. The summed E-state index contributed by atoms with van der Waals surface area (Å²) in [6, 6.07) is 0.00861. The van der Waals surface area contributed by atoms with Gasteiger partial charge in [-0.05, 0) is 37.3 Å². The number of nitrogens with one attached hydrogen (secondary N) is 2. The summed E-state index contributed by atoms with van der Waals surface area (Å²) < 4.78 is 0. The lowest BCUT2D eigenvalue weighted by Gasteiger charge is -2.10. The molecule has 2 rings (SSSR count). The highest BCUT2D eigenvalue weighted by Crippen LogP contribution is 2.20. The van der Waals surface area contributed by atoms with Crippen molar-refractivity contribution in [1.82, 2.24) is 5.32 Å². The van der Waals surface area contributed by atoms with E-state index in [9.17, 15) is 4.79 Å². The Balaban J connectivity index is 1.97. The summed E-state index contributed by atoms with van der Waals surface area (Å²) in [5.41, 5.74) is 2.09. The van der Waals surface area contributed by atoms with Crippen LogP contribution in [0.1, 0.15) is 18.4 Å². The lowest BCUT2D eigenvalue weighted by molar-refractivity contribution is -0.117. The van der Waals surface area contributed by atoms with Crippen molar-refractivity contribution in [3.63, 3.8) is 0 Å². The SMILES string of the molecule is Cc1cscc1NC(=O)[C@@H]1CCCN1. The number of aryl methyl sites for hydroxylation is 1. The molecule has 1 saturated heterocycles. The third-order valence-corrected chi connectivity index (χ3v) is 3.35. The number of carbonyl (C=O) groups excluding carboxylic acids is 1. The molecule has 1 fully saturated rings. The number of hydrogen-bond acceptors (Lipinski definition) is 3. The van der Waals surface area contributed by atoms with E-state index in [2.05, 4.69) is 10.6 Å². The van der Waals surface area contributed by atoms with Crippen LogP contribution in [0.25, 0.3) is 0 Å². The van der Waals surface area contributed by atoms with Crippen molar-refractivity contribution in [3.8, 4) is 0 Å². The molecule has 2 heterocycles. The first-order chi connectivity index (χ1) is 6.77. The minimum atomic E-state index is 0.00861. The molecule has 0 aliphatic carbocycles. The largest absolute Gasteiger partial charge is 0.324 e. The van der Waals surface area contributed by atoms with E-state index in [1.807, 2.05) is 17.7 Å². The zero-order chi connectivity index (χ0) is 9.97. The molecule has 76 valence electrons. The Morgan fingerprint density at radius 2 is 2.50 bits per heavy atom. The van der Waals surface area contributed by atoms with E-state index >= 15 is 0 Å². The van der Waals surface area contributed by atoms with Gasteiger partial charge in [0, 0.05) is 5.38 Å². The average Bonchev–Trinajstić information content (AvgIpc) is 2.77. The fourth-order valence-electron chi connectivity index (χ4n) is 1.62. The lowest BCUT2D eigenvalue weighted by Crippen LogP contribution is -2.35. The van der Waals surface area contributed by atoms with Gasteiger partial charge in [0.05, 0.1) is 11.7 Å². The zero-order valence-electron chi connectivity index (χ0n) is 8.17. The van der Waals surface area contributed by atoms with Crippen LogP contribution in [-0.2, 0) is 4.79 Å². The Hall–Kier alpha value is -0.870.